The molecule has 0 unspecified atom stereocenters. The van der Waals surface area contributed by atoms with Crippen molar-refractivity contribution in [3.8, 4) is 0 Å². The van der Waals surface area contributed by atoms with E-state index in [0.717, 1.165) is 33.2 Å². The molecule has 0 saturated carbocycles. The van der Waals surface area contributed by atoms with Gasteiger partial charge < -0.3 is 4.90 Å². The Bertz CT molecular complexity index is 1100. The quantitative estimate of drug-likeness (QED) is 0.298. The zero-order valence-corrected chi connectivity index (χ0v) is 18.0. The number of rotatable bonds is 5. The molecule has 0 heterocycles. The lowest BCUT2D eigenvalue weighted by Crippen LogP contribution is -2.10. The Morgan fingerprint density at radius 2 is 1.13 bits per heavy atom. The third kappa shape index (κ3) is 4.64. The highest BCUT2D eigenvalue weighted by Crippen LogP contribution is 2.37. The smallest absolute Gasteiger partial charge is 0.0499 e. The molecule has 0 fully saturated rings. The Kier molecular flexibility index (Phi) is 6.02. The Hall–Kier alpha value is -3.29. The number of halogens is 1. The summed E-state index contributed by atoms with van der Waals surface area (Å²) in [5.41, 5.74) is 7.87. The van der Waals surface area contributed by atoms with Gasteiger partial charge in [-0.1, -0.05) is 95.5 Å². The largest absolute Gasteiger partial charge is 0.310 e. The van der Waals surface area contributed by atoms with Crippen molar-refractivity contribution in [3.05, 3.63) is 124 Å². The van der Waals surface area contributed by atoms with Crippen LogP contribution in [0.25, 0.3) is 12.2 Å². The molecular weight excluding hydrogens is 386 g/mol. The Morgan fingerprint density at radius 1 is 0.600 bits per heavy atom. The van der Waals surface area contributed by atoms with Gasteiger partial charge in [0, 0.05) is 22.1 Å². The average Bonchev–Trinajstić information content (AvgIpc) is 2.77. The second kappa shape index (κ2) is 9.02. The van der Waals surface area contributed by atoms with Gasteiger partial charge in [0.15, 0.2) is 0 Å². The van der Waals surface area contributed by atoms with E-state index in [4.69, 9.17) is 11.6 Å². The van der Waals surface area contributed by atoms with E-state index in [0.29, 0.717) is 0 Å². The fourth-order valence-electron chi connectivity index (χ4n) is 3.38. The van der Waals surface area contributed by atoms with Crippen LogP contribution in [-0.2, 0) is 0 Å². The number of hydrogen-bond acceptors (Lipinski definition) is 1. The van der Waals surface area contributed by atoms with Crippen LogP contribution in [0.5, 0.6) is 0 Å². The molecule has 0 amide bonds. The summed E-state index contributed by atoms with van der Waals surface area (Å²) < 4.78 is 0. The second-order valence-corrected chi connectivity index (χ2v) is 7.86. The van der Waals surface area contributed by atoms with Crippen LogP contribution in [0.1, 0.15) is 22.3 Å². The Labute approximate surface area is 183 Å². The van der Waals surface area contributed by atoms with Gasteiger partial charge in [0.2, 0.25) is 0 Å². The maximum absolute atomic E-state index is 6.69. The molecule has 0 aliphatic rings. The number of benzene rings is 4. The molecule has 1 nitrogen and oxygen atoms in total. The van der Waals surface area contributed by atoms with Gasteiger partial charge in [0.05, 0.1) is 0 Å². The van der Waals surface area contributed by atoms with Crippen molar-refractivity contribution in [2.45, 2.75) is 13.8 Å². The van der Waals surface area contributed by atoms with Gasteiger partial charge in [0.1, 0.15) is 0 Å². The van der Waals surface area contributed by atoms with Crippen molar-refractivity contribution in [1.29, 1.82) is 0 Å². The fourth-order valence-corrected chi connectivity index (χ4v) is 3.61. The summed E-state index contributed by atoms with van der Waals surface area (Å²) in [5.74, 6) is 0. The minimum absolute atomic E-state index is 0.726. The van der Waals surface area contributed by atoms with Crippen molar-refractivity contribution >= 4 is 40.8 Å². The lowest BCUT2D eigenvalue weighted by Gasteiger charge is -2.26. The molecule has 0 radical (unpaired) electrons. The van der Waals surface area contributed by atoms with E-state index in [-0.39, 0.29) is 0 Å². The first-order chi connectivity index (χ1) is 14.6. The van der Waals surface area contributed by atoms with E-state index >= 15 is 0 Å². The minimum atomic E-state index is 0.726. The van der Waals surface area contributed by atoms with Crippen molar-refractivity contribution in [1.82, 2.24) is 0 Å². The van der Waals surface area contributed by atoms with E-state index in [9.17, 15) is 0 Å². The van der Waals surface area contributed by atoms with Crippen molar-refractivity contribution in [2.75, 3.05) is 4.90 Å². The average molecular weight is 410 g/mol. The highest BCUT2D eigenvalue weighted by atomic mass is 35.5. The standard InChI is InChI=1S/C28H24ClN/c1-21-8-15-25(16-9-21)30(26-17-10-22(2)11-18-26)27-19-14-24(28(29)20-27)13-12-23-6-4-3-5-7-23/h3-20H,1-2H3/b13-12+. The first-order valence-electron chi connectivity index (χ1n) is 10.1. The first kappa shape index (κ1) is 20.0. The minimum Gasteiger partial charge on any atom is -0.310 e. The van der Waals surface area contributed by atoms with Crippen LogP contribution in [0.15, 0.2) is 97.1 Å². The summed E-state index contributed by atoms with van der Waals surface area (Å²) in [7, 11) is 0. The molecule has 0 N–H and O–H groups in total. The van der Waals surface area contributed by atoms with Crippen LogP contribution in [0, 0.1) is 13.8 Å². The molecule has 0 aromatic heterocycles. The van der Waals surface area contributed by atoms with Crippen LogP contribution in [0.3, 0.4) is 0 Å². The Morgan fingerprint density at radius 3 is 1.67 bits per heavy atom. The molecule has 0 atom stereocenters. The number of anilines is 3. The maximum Gasteiger partial charge on any atom is 0.0499 e. The van der Waals surface area contributed by atoms with Crippen LogP contribution in [-0.4, -0.2) is 0 Å². The van der Waals surface area contributed by atoms with Gasteiger partial charge in [0.25, 0.3) is 0 Å². The molecule has 0 aliphatic heterocycles. The highest BCUT2D eigenvalue weighted by Gasteiger charge is 2.13. The molecule has 0 spiro atoms. The molecule has 148 valence electrons. The normalized spacial score (nSPS) is 11.0. The predicted molar refractivity (Wildman–Crippen MR) is 131 cm³/mol. The summed E-state index contributed by atoms with van der Waals surface area (Å²) >= 11 is 6.69. The van der Waals surface area contributed by atoms with E-state index in [1.165, 1.54) is 11.1 Å². The fraction of sp³-hybridized carbons (Fsp3) is 0.0714. The molecule has 4 rings (SSSR count). The van der Waals surface area contributed by atoms with Gasteiger partial charge in [-0.15, -0.1) is 0 Å². The summed E-state index contributed by atoms with van der Waals surface area (Å²) in [6.07, 6.45) is 4.14. The number of nitrogens with zero attached hydrogens (tertiary/aromatic N) is 1. The van der Waals surface area contributed by atoms with Gasteiger partial charge in [-0.2, -0.15) is 0 Å². The van der Waals surface area contributed by atoms with Gasteiger partial charge in [-0.3, -0.25) is 0 Å². The molecule has 2 heteroatoms. The van der Waals surface area contributed by atoms with Gasteiger partial charge >= 0.3 is 0 Å². The topological polar surface area (TPSA) is 3.24 Å². The van der Waals surface area contributed by atoms with Crippen molar-refractivity contribution < 1.29 is 0 Å². The molecule has 4 aromatic carbocycles. The molecule has 30 heavy (non-hydrogen) atoms. The van der Waals surface area contributed by atoms with Gasteiger partial charge in [-0.25, -0.2) is 0 Å². The second-order valence-electron chi connectivity index (χ2n) is 7.46. The van der Waals surface area contributed by atoms with E-state index in [1.54, 1.807) is 0 Å². The molecule has 0 saturated heterocycles. The number of aryl methyl sites for hydroxylation is 2. The SMILES string of the molecule is Cc1ccc(N(c2ccc(C)cc2)c2ccc(/C=C/c3ccccc3)c(Cl)c2)cc1. The summed E-state index contributed by atoms with van der Waals surface area (Å²) in [4.78, 5) is 2.23. The summed E-state index contributed by atoms with van der Waals surface area (Å²) in [6.45, 7) is 4.20. The van der Waals surface area contributed by atoms with Crippen LogP contribution in [0.2, 0.25) is 5.02 Å². The van der Waals surface area contributed by atoms with Crippen LogP contribution in [0.4, 0.5) is 17.1 Å². The van der Waals surface area contributed by atoms with Crippen LogP contribution >= 0.6 is 11.6 Å². The maximum atomic E-state index is 6.69. The third-order valence-electron chi connectivity index (χ3n) is 5.08. The number of hydrogen-bond donors (Lipinski definition) is 0. The van der Waals surface area contributed by atoms with Gasteiger partial charge in [-0.05, 0) is 61.4 Å². The van der Waals surface area contributed by atoms with Crippen molar-refractivity contribution in [3.63, 3.8) is 0 Å². The molecule has 4 aromatic rings. The van der Waals surface area contributed by atoms with E-state index in [1.807, 2.05) is 24.3 Å². The van der Waals surface area contributed by atoms with E-state index in [2.05, 4.69) is 104 Å². The predicted octanol–water partition coefficient (Wildman–Crippen LogP) is 8.60. The third-order valence-corrected chi connectivity index (χ3v) is 5.41. The Balaban J connectivity index is 1.72. The lowest BCUT2D eigenvalue weighted by atomic mass is 10.1. The van der Waals surface area contributed by atoms with Crippen molar-refractivity contribution in [2.24, 2.45) is 0 Å². The molecule has 0 bridgehead atoms. The summed E-state index contributed by atoms with van der Waals surface area (Å²) in [5, 5.41) is 0.726. The zero-order valence-electron chi connectivity index (χ0n) is 17.2. The first-order valence-corrected chi connectivity index (χ1v) is 10.4. The molecule has 0 aliphatic carbocycles. The van der Waals surface area contributed by atoms with Crippen LogP contribution < -0.4 is 4.90 Å². The zero-order chi connectivity index (χ0) is 20.9. The van der Waals surface area contributed by atoms with E-state index < -0.39 is 0 Å². The molecular formula is C28H24ClN. The lowest BCUT2D eigenvalue weighted by molar-refractivity contribution is 1.27. The monoisotopic (exact) mass is 409 g/mol. The summed E-state index contributed by atoms with van der Waals surface area (Å²) in [6, 6.07) is 33.6. The highest BCUT2D eigenvalue weighted by molar-refractivity contribution is 6.32.